The van der Waals surface area contributed by atoms with E-state index in [-0.39, 0.29) is 19.6 Å². The number of allylic oxidation sites excluding steroid dienone is 18. The number of carbonyl (C=O) groups excluding carboxylic acids is 1. The Morgan fingerprint density at radius 3 is 1.33 bits per heavy atom. The maximum absolute atomic E-state index is 12.9. The molecule has 1 heterocycles. The SMILES string of the molecule is CC/C=C\C/C=C\C/C=C\C/C=C\C/C=C\CCCCCCCCCCCCOCC(COC1OC(CO)C(O)C(OS(=O)(=O)O)C1O)OC(=O)CCCCCCCC/C=C\C/C=C\C/C=C\C/C=C\CC. The molecule has 412 valence electrons. The lowest BCUT2D eigenvalue weighted by atomic mass is 9.99. The van der Waals surface area contributed by atoms with E-state index in [2.05, 4.69) is 127 Å². The molecule has 1 aliphatic rings. The Hall–Kier alpha value is -3.24. The van der Waals surface area contributed by atoms with Crippen LogP contribution in [0.1, 0.15) is 194 Å². The minimum atomic E-state index is -5.08. The molecule has 1 fully saturated rings. The summed E-state index contributed by atoms with van der Waals surface area (Å²) in [6.45, 7) is 3.73. The van der Waals surface area contributed by atoms with E-state index < -0.39 is 59.8 Å². The Kier molecular flexibility index (Phi) is 45.2. The molecule has 1 saturated heterocycles. The van der Waals surface area contributed by atoms with Crippen molar-refractivity contribution in [2.24, 2.45) is 0 Å². The number of aliphatic hydroxyl groups excluding tert-OH is 3. The molecule has 0 amide bonds. The Morgan fingerprint density at radius 2 is 0.917 bits per heavy atom. The number of unbranched alkanes of at least 4 members (excludes halogenated alkanes) is 16. The topological polar surface area (TPSA) is 178 Å². The van der Waals surface area contributed by atoms with Crippen molar-refractivity contribution in [2.45, 2.75) is 230 Å². The van der Waals surface area contributed by atoms with Gasteiger partial charge in [0.05, 0.1) is 19.8 Å². The first-order valence-electron chi connectivity index (χ1n) is 27.6. The van der Waals surface area contributed by atoms with Gasteiger partial charge >= 0.3 is 16.4 Å². The van der Waals surface area contributed by atoms with Crippen molar-refractivity contribution in [3.63, 3.8) is 0 Å². The summed E-state index contributed by atoms with van der Waals surface area (Å²) in [6, 6.07) is 0. The zero-order chi connectivity index (χ0) is 52.4. The number of hydrogen-bond donors (Lipinski definition) is 4. The monoisotopic (exact) mass is 1030 g/mol. The molecule has 1 rings (SSSR count). The van der Waals surface area contributed by atoms with Gasteiger partial charge in [-0.1, -0.05) is 200 Å². The summed E-state index contributed by atoms with van der Waals surface area (Å²) in [4.78, 5) is 12.9. The second kappa shape index (κ2) is 48.7. The van der Waals surface area contributed by atoms with Crippen molar-refractivity contribution in [1.29, 1.82) is 0 Å². The molecule has 0 aliphatic carbocycles. The average Bonchev–Trinajstić information content (AvgIpc) is 3.36. The second-order valence-electron chi connectivity index (χ2n) is 18.4. The van der Waals surface area contributed by atoms with Crippen molar-refractivity contribution in [3.8, 4) is 0 Å². The van der Waals surface area contributed by atoms with Crippen LogP contribution < -0.4 is 0 Å². The molecule has 0 aromatic heterocycles. The van der Waals surface area contributed by atoms with Gasteiger partial charge in [0.15, 0.2) is 6.29 Å². The molecular formula is C59H98O12S. The molecule has 0 saturated carbocycles. The number of rotatable bonds is 47. The average molecular weight is 1030 g/mol. The van der Waals surface area contributed by atoms with E-state index in [0.717, 1.165) is 122 Å². The van der Waals surface area contributed by atoms with Crippen molar-refractivity contribution in [2.75, 3.05) is 26.4 Å². The summed E-state index contributed by atoms with van der Waals surface area (Å²) in [6.07, 6.45) is 59.7. The van der Waals surface area contributed by atoms with Gasteiger partial charge in [-0.05, 0) is 96.3 Å². The normalized spacial score (nSPS) is 19.8. The van der Waals surface area contributed by atoms with Crippen molar-refractivity contribution < 1.29 is 56.2 Å². The van der Waals surface area contributed by atoms with Crippen LogP contribution in [0.15, 0.2) is 109 Å². The lowest BCUT2D eigenvalue weighted by molar-refractivity contribution is -0.301. The summed E-state index contributed by atoms with van der Waals surface area (Å²) in [5.74, 6) is -0.418. The smallest absolute Gasteiger partial charge is 0.397 e. The second-order valence-corrected chi connectivity index (χ2v) is 19.5. The molecule has 0 radical (unpaired) electrons. The predicted molar refractivity (Wildman–Crippen MR) is 294 cm³/mol. The maximum Gasteiger partial charge on any atom is 0.397 e. The van der Waals surface area contributed by atoms with Crippen LogP contribution in [-0.2, 0) is 38.3 Å². The molecule has 0 bridgehead atoms. The van der Waals surface area contributed by atoms with Gasteiger partial charge in [-0.3, -0.25) is 9.35 Å². The van der Waals surface area contributed by atoms with Gasteiger partial charge in [0.1, 0.15) is 30.5 Å². The zero-order valence-corrected chi connectivity index (χ0v) is 45.3. The van der Waals surface area contributed by atoms with Crippen molar-refractivity contribution in [3.05, 3.63) is 109 Å². The lowest BCUT2D eigenvalue weighted by Crippen LogP contribution is -2.60. The largest absolute Gasteiger partial charge is 0.457 e. The minimum absolute atomic E-state index is 0.0198. The summed E-state index contributed by atoms with van der Waals surface area (Å²) >= 11 is 0. The third kappa shape index (κ3) is 41.1. The van der Waals surface area contributed by atoms with Crippen LogP contribution in [0.5, 0.6) is 0 Å². The summed E-state index contributed by atoms with van der Waals surface area (Å²) in [5, 5.41) is 30.8. The molecule has 4 N–H and O–H groups in total. The third-order valence-corrected chi connectivity index (χ3v) is 12.4. The van der Waals surface area contributed by atoms with E-state index in [9.17, 15) is 33.1 Å². The molecule has 6 unspecified atom stereocenters. The molecule has 0 spiro atoms. The highest BCUT2D eigenvalue weighted by Crippen LogP contribution is 2.26. The fourth-order valence-corrected chi connectivity index (χ4v) is 8.32. The summed E-state index contributed by atoms with van der Waals surface area (Å²) in [7, 11) is -5.08. The molecule has 13 heteroatoms. The van der Waals surface area contributed by atoms with Crippen LogP contribution >= 0.6 is 0 Å². The standard InChI is InChI=1S/C59H98O12S/c1-3-5-7-9-11-13-15-17-19-21-23-24-25-26-27-28-29-31-33-35-37-39-41-43-45-47-49-67-51-53(52-68-59-57(63)58(71-72(64,65)66)56(62)54(50-60)70-59)69-55(61)48-46-44-42-40-38-36-34-32-30-22-20-18-16-14-12-10-8-6-4-2/h5-8,11-14,17-20,23-24,26-27,30,32,53-54,56-60,62-63H,3-4,9-10,15-16,21-22,25,28-29,31,33-52H2,1-2H3,(H,64,65,66)/b7-5-,8-6-,13-11-,14-12-,19-17-,20-18-,24-23-,27-26-,32-30-. The van der Waals surface area contributed by atoms with Crippen LogP contribution in [-0.4, -0.2) is 97.5 Å². The minimum Gasteiger partial charge on any atom is -0.457 e. The third-order valence-electron chi connectivity index (χ3n) is 11.9. The Balaban J connectivity index is 2.33. The van der Waals surface area contributed by atoms with Crippen LogP contribution in [0, 0.1) is 0 Å². The number of carbonyl (C=O) groups is 1. The van der Waals surface area contributed by atoms with E-state index in [0.29, 0.717) is 13.0 Å². The van der Waals surface area contributed by atoms with Crippen LogP contribution in [0.3, 0.4) is 0 Å². The highest BCUT2D eigenvalue weighted by molar-refractivity contribution is 7.80. The van der Waals surface area contributed by atoms with Crippen molar-refractivity contribution >= 4 is 16.4 Å². The van der Waals surface area contributed by atoms with E-state index in [1.807, 2.05) is 0 Å². The molecule has 0 aromatic rings. The fourth-order valence-electron chi connectivity index (χ4n) is 7.81. The number of hydrogen-bond acceptors (Lipinski definition) is 11. The molecule has 1 aliphatic heterocycles. The van der Waals surface area contributed by atoms with E-state index in [1.165, 1.54) is 44.9 Å². The van der Waals surface area contributed by atoms with Gasteiger partial charge in [-0.15, -0.1) is 0 Å². The molecule has 72 heavy (non-hydrogen) atoms. The quantitative estimate of drug-likeness (QED) is 0.0197. The number of aliphatic hydroxyl groups is 3. The molecule has 12 nitrogen and oxygen atoms in total. The van der Waals surface area contributed by atoms with E-state index >= 15 is 0 Å². The van der Waals surface area contributed by atoms with Gasteiger partial charge in [-0.2, -0.15) is 8.42 Å². The fraction of sp³-hybridized carbons (Fsp3) is 0.678. The van der Waals surface area contributed by atoms with Gasteiger partial charge in [0.25, 0.3) is 0 Å². The molecule has 0 aromatic carbocycles. The predicted octanol–water partition coefficient (Wildman–Crippen LogP) is 13.5. The van der Waals surface area contributed by atoms with Crippen LogP contribution in [0.4, 0.5) is 0 Å². The van der Waals surface area contributed by atoms with E-state index in [4.69, 9.17) is 18.9 Å². The molecular weight excluding hydrogens is 933 g/mol. The first-order chi connectivity index (χ1) is 35.1. The number of esters is 1. The first-order valence-corrected chi connectivity index (χ1v) is 29.0. The maximum atomic E-state index is 12.9. The Labute approximate surface area is 437 Å². The van der Waals surface area contributed by atoms with Gasteiger partial charge < -0.3 is 34.3 Å². The number of ether oxygens (including phenoxy) is 4. The Morgan fingerprint density at radius 1 is 0.528 bits per heavy atom. The highest BCUT2D eigenvalue weighted by atomic mass is 32.3. The van der Waals surface area contributed by atoms with Crippen molar-refractivity contribution in [1.82, 2.24) is 0 Å². The van der Waals surface area contributed by atoms with Gasteiger partial charge in [-0.25, -0.2) is 4.18 Å². The summed E-state index contributed by atoms with van der Waals surface area (Å²) in [5.41, 5.74) is 0. The van der Waals surface area contributed by atoms with Gasteiger partial charge in [0.2, 0.25) is 0 Å². The Bertz CT molecular complexity index is 1660. The van der Waals surface area contributed by atoms with Crippen LogP contribution in [0.2, 0.25) is 0 Å². The van der Waals surface area contributed by atoms with E-state index in [1.54, 1.807) is 0 Å². The summed E-state index contributed by atoms with van der Waals surface area (Å²) < 4.78 is 59.4. The lowest BCUT2D eigenvalue weighted by Gasteiger charge is -2.41. The molecule has 6 atom stereocenters. The first kappa shape index (κ1) is 66.8. The van der Waals surface area contributed by atoms with Crippen LogP contribution in [0.25, 0.3) is 0 Å². The van der Waals surface area contributed by atoms with Gasteiger partial charge in [0, 0.05) is 13.0 Å². The highest BCUT2D eigenvalue weighted by Gasteiger charge is 2.48. The zero-order valence-electron chi connectivity index (χ0n) is 44.4.